The lowest BCUT2D eigenvalue weighted by molar-refractivity contribution is -0.140. The molecule has 174 valence electrons. The van der Waals surface area contributed by atoms with Gasteiger partial charge in [0.25, 0.3) is 0 Å². The average Bonchev–Trinajstić information content (AvgIpc) is 2.80. The summed E-state index contributed by atoms with van der Waals surface area (Å²) in [6.45, 7) is 6.02. The molecule has 2 rings (SSSR count). The van der Waals surface area contributed by atoms with Crippen LogP contribution in [0.4, 0.5) is 0 Å². The van der Waals surface area contributed by atoms with Crippen LogP contribution in [-0.2, 0) is 22.6 Å². The lowest BCUT2D eigenvalue weighted by Gasteiger charge is -2.30. The summed E-state index contributed by atoms with van der Waals surface area (Å²) in [5.41, 5.74) is 1.83. The Labute approximate surface area is 195 Å². The maximum atomic E-state index is 13.2. The molecule has 0 saturated carbocycles. The molecule has 2 aromatic carbocycles. The fourth-order valence-corrected chi connectivity index (χ4v) is 3.52. The van der Waals surface area contributed by atoms with Gasteiger partial charge < -0.3 is 19.7 Å². The Balaban J connectivity index is 2.18. The van der Waals surface area contributed by atoms with Crippen molar-refractivity contribution in [3.63, 3.8) is 0 Å². The zero-order valence-corrected chi connectivity index (χ0v) is 20.2. The summed E-state index contributed by atoms with van der Waals surface area (Å²) < 4.78 is 10.6. The monoisotopic (exact) mass is 460 g/mol. The molecule has 0 bridgehead atoms. The van der Waals surface area contributed by atoms with Gasteiger partial charge in [-0.05, 0) is 62.1 Å². The zero-order valence-electron chi connectivity index (χ0n) is 19.5. The highest BCUT2D eigenvalue weighted by Gasteiger charge is 2.26. The molecule has 0 unspecified atom stereocenters. The summed E-state index contributed by atoms with van der Waals surface area (Å²) in [4.78, 5) is 27.6. The smallest absolute Gasteiger partial charge is 0.242 e. The first-order valence-corrected chi connectivity index (χ1v) is 11.2. The number of amides is 2. The molecule has 1 N–H and O–H groups in total. The summed E-state index contributed by atoms with van der Waals surface area (Å²) in [6, 6.07) is 12.4. The second-order valence-electron chi connectivity index (χ2n) is 7.83. The Morgan fingerprint density at radius 1 is 1.03 bits per heavy atom. The van der Waals surface area contributed by atoms with E-state index in [9.17, 15) is 9.59 Å². The molecule has 7 heteroatoms. The van der Waals surface area contributed by atoms with Gasteiger partial charge in [-0.1, -0.05) is 36.7 Å². The van der Waals surface area contributed by atoms with Crippen molar-refractivity contribution in [2.45, 2.75) is 58.7 Å². The van der Waals surface area contributed by atoms with Crippen LogP contribution in [0.25, 0.3) is 0 Å². The Morgan fingerprint density at radius 3 is 2.38 bits per heavy atom. The zero-order chi connectivity index (χ0) is 23.7. The van der Waals surface area contributed by atoms with Gasteiger partial charge in [0.15, 0.2) is 11.5 Å². The number of ether oxygens (including phenoxy) is 2. The van der Waals surface area contributed by atoms with Crippen LogP contribution >= 0.6 is 11.6 Å². The predicted octanol–water partition coefficient (Wildman–Crippen LogP) is 4.62. The van der Waals surface area contributed by atoms with Crippen molar-refractivity contribution in [2.75, 3.05) is 14.2 Å². The quantitative estimate of drug-likeness (QED) is 0.531. The van der Waals surface area contributed by atoms with Gasteiger partial charge in [0.1, 0.15) is 6.04 Å². The van der Waals surface area contributed by atoms with E-state index in [1.165, 1.54) is 0 Å². The van der Waals surface area contributed by atoms with Crippen LogP contribution < -0.4 is 14.8 Å². The van der Waals surface area contributed by atoms with E-state index in [0.29, 0.717) is 29.5 Å². The summed E-state index contributed by atoms with van der Waals surface area (Å²) in [5, 5.41) is 3.57. The van der Waals surface area contributed by atoms with Crippen molar-refractivity contribution in [1.82, 2.24) is 10.2 Å². The number of carbonyl (C=O) groups is 2. The molecule has 0 heterocycles. The highest BCUT2D eigenvalue weighted by molar-refractivity contribution is 6.30. The molecule has 0 aliphatic heterocycles. The Morgan fingerprint density at radius 2 is 1.75 bits per heavy atom. The van der Waals surface area contributed by atoms with Crippen molar-refractivity contribution in [1.29, 1.82) is 0 Å². The Hall–Kier alpha value is -2.73. The number of carbonyl (C=O) groups excluding carboxylic acids is 2. The second kappa shape index (κ2) is 12.3. The third-order valence-electron chi connectivity index (χ3n) is 5.49. The minimum atomic E-state index is -0.610. The van der Waals surface area contributed by atoms with Gasteiger partial charge >= 0.3 is 0 Å². The van der Waals surface area contributed by atoms with Crippen LogP contribution in [0.2, 0.25) is 5.02 Å². The Kier molecular flexibility index (Phi) is 9.85. The van der Waals surface area contributed by atoms with Crippen LogP contribution in [0.1, 0.15) is 44.7 Å². The van der Waals surface area contributed by atoms with Crippen LogP contribution in [0.5, 0.6) is 11.5 Å². The first-order valence-electron chi connectivity index (χ1n) is 10.8. The van der Waals surface area contributed by atoms with Crippen LogP contribution in [0.15, 0.2) is 42.5 Å². The normalized spacial score (nSPS) is 12.6. The summed E-state index contributed by atoms with van der Waals surface area (Å²) in [7, 11) is 3.16. The van der Waals surface area contributed by atoms with Crippen molar-refractivity contribution in [3.05, 3.63) is 58.6 Å². The molecule has 0 aliphatic carbocycles. The number of hydrogen-bond acceptors (Lipinski definition) is 4. The molecular formula is C25H33ClN2O4. The van der Waals surface area contributed by atoms with Crippen molar-refractivity contribution in [3.8, 4) is 11.5 Å². The minimum Gasteiger partial charge on any atom is -0.493 e. The van der Waals surface area contributed by atoms with E-state index in [-0.39, 0.29) is 24.3 Å². The lowest BCUT2D eigenvalue weighted by Crippen LogP contribution is -2.49. The van der Waals surface area contributed by atoms with E-state index in [0.717, 1.165) is 17.5 Å². The van der Waals surface area contributed by atoms with Crippen LogP contribution in [-0.4, -0.2) is 43.0 Å². The number of rotatable bonds is 11. The first kappa shape index (κ1) is 25.5. The number of aryl methyl sites for hydroxylation is 1. The number of halogens is 1. The summed E-state index contributed by atoms with van der Waals surface area (Å²) in [6.07, 6.45) is 1.60. The van der Waals surface area contributed by atoms with Gasteiger partial charge in [0, 0.05) is 24.0 Å². The third-order valence-corrected chi connectivity index (χ3v) is 5.72. The maximum Gasteiger partial charge on any atom is 0.242 e. The van der Waals surface area contributed by atoms with E-state index < -0.39 is 6.04 Å². The first-order chi connectivity index (χ1) is 15.3. The second-order valence-corrected chi connectivity index (χ2v) is 8.27. The summed E-state index contributed by atoms with van der Waals surface area (Å²) >= 11 is 6.13. The van der Waals surface area contributed by atoms with Crippen molar-refractivity contribution in [2.24, 2.45) is 0 Å². The fourth-order valence-electron chi connectivity index (χ4n) is 3.31. The minimum absolute atomic E-state index is 0.0415. The molecule has 0 saturated heterocycles. The van der Waals surface area contributed by atoms with Crippen LogP contribution in [0.3, 0.4) is 0 Å². The highest BCUT2D eigenvalue weighted by atomic mass is 35.5. The topological polar surface area (TPSA) is 67.9 Å². The van der Waals surface area contributed by atoms with E-state index in [1.54, 1.807) is 32.1 Å². The number of hydrogen-bond donors (Lipinski definition) is 1. The molecule has 2 atom stereocenters. The SMILES string of the molecule is CC[C@H](C)NC(=O)[C@H](C)N(Cc1cccc(Cl)c1)C(=O)CCc1ccc(OC)c(OC)c1. The average molecular weight is 461 g/mol. The molecule has 2 aromatic rings. The molecule has 32 heavy (non-hydrogen) atoms. The van der Waals surface area contributed by atoms with Gasteiger partial charge in [0.2, 0.25) is 11.8 Å². The van der Waals surface area contributed by atoms with Gasteiger partial charge in [-0.2, -0.15) is 0 Å². The number of benzene rings is 2. The fraction of sp³-hybridized carbons (Fsp3) is 0.440. The molecule has 0 aliphatic rings. The molecule has 6 nitrogen and oxygen atoms in total. The van der Waals surface area contributed by atoms with Gasteiger partial charge in [0.05, 0.1) is 14.2 Å². The molecule has 2 amide bonds. The highest BCUT2D eigenvalue weighted by Crippen LogP contribution is 2.28. The largest absolute Gasteiger partial charge is 0.493 e. The standard InChI is InChI=1S/C25H33ClN2O4/c1-6-17(2)27-25(30)18(3)28(16-20-8-7-9-21(26)14-20)24(29)13-11-19-10-12-22(31-4)23(15-19)32-5/h7-10,12,14-15,17-18H,6,11,13,16H2,1-5H3,(H,27,30)/t17-,18-/m0/s1. The summed E-state index contributed by atoms with van der Waals surface area (Å²) in [5.74, 6) is 0.988. The molecule has 0 spiro atoms. The van der Waals surface area contributed by atoms with Crippen molar-refractivity contribution >= 4 is 23.4 Å². The molecule has 0 fully saturated rings. The predicted molar refractivity (Wildman–Crippen MR) is 127 cm³/mol. The lowest BCUT2D eigenvalue weighted by atomic mass is 10.1. The molecular weight excluding hydrogens is 428 g/mol. The van der Waals surface area contributed by atoms with Gasteiger partial charge in [-0.15, -0.1) is 0 Å². The van der Waals surface area contributed by atoms with Crippen LogP contribution in [0, 0.1) is 0 Å². The van der Waals surface area contributed by atoms with E-state index in [2.05, 4.69) is 5.32 Å². The number of methoxy groups -OCH3 is 2. The molecule has 0 aromatic heterocycles. The van der Waals surface area contributed by atoms with Crippen molar-refractivity contribution < 1.29 is 19.1 Å². The number of nitrogens with one attached hydrogen (secondary N) is 1. The molecule has 0 radical (unpaired) electrons. The van der Waals surface area contributed by atoms with Gasteiger partial charge in [-0.25, -0.2) is 0 Å². The van der Waals surface area contributed by atoms with Gasteiger partial charge in [-0.3, -0.25) is 9.59 Å². The third kappa shape index (κ3) is 7.16. The maximum absolute atomic E-state index is 13.2. The van der Waals surface area contributed by atoms with E-state index in [4.69, 9.17) is 21.1 Å². The number of nitrogens with zero attached hydrogens (tertiary/aromatic N) is 1. The van der Waals surface area contributed by atoms with E-state index >= 15 is 0 Å². The Bertz CT molecular complexity index is 919. The van der Waals surface area contributed by atoms with E-state index in [1.807, 2.05) is 50.2 Å².